The molecule has 0 saturated carbocycles. The van der Waals surface area contributed by atoms with Crippen molar-refractivity contribution < 1.29 is 33.4 Å². The maximum Gasteiger partial charge on any atom is 0.333 e. The number of Topliss-reactive ketones (excluding diaryl/α,β-unsaturated/α-hetero) is 1. The highest BCUT2D eigenvalue weighted by atomic mass is 16.6. The second-order valence-corrected chi connectivity index (χ2v) is 7.30. The first-order valence-electron chi connectivity index (χ1n) is 9.59. The maximum atomic E-state index is 12.9. The van der Waals surface area contributed by atoms with Crippen LogP contribution in [0.25, 0.3) is 0 Å². The van der Waals surface area contributed by atoms with Gasteiger partial charge in [0.2, 0.25) is 5.78 Å². The van der Waals surface area contributed by atoms with E-state index in [4.69, 9.17) is 14.2 Å². The van der Waals surface area contributed by atoms with E-state index in [-0.39, 0.29) is 18.1 Å². The summed E-state index contributed by atoms with van der Waals surface area (Å²) in [6.45, 7) is 11.2. The Balaban J connectivity index is 3.28. The molecule has 0 heterocycles. The van der Waals surface area contributed by atoms with Crippen molar-refractivity contribution in [3.63, 3.8) is 0 Å². The van der Waals surface area contributed by atoms with Crippen LogP contribution >= 0.6 is 0 Å². The van der Waals surface area contributed by atoms with E-state index in [0.717, 1.165) is 0 Å². The molecule has 0 saturated heterocycles. The van der Waals surface area contributed by atoms with Crippen LogP contribution in [0.4, 0.5) is 0 Å². The highest BCUT2D eigenvalue weighted by Crippen LogP contribution is 2.33. The van der Waals surface area contributed by atoms with Gasteiger partial charge in [-0.3, -0.25) is 9.59 Å². The molecule has 3 atom stereocenters. The van der Waals surface area contributed by atoms with Crippen molar-refractivity contribution in [3.8, 4) is 0 Å². The van der Waals surface area contributed by atoms with Crippen molar-refractivity contribution in [2.24, 2.45) is 11.8 Å². The first-order chi connectivity index (χ1) is 13.5. The summed E-state index contributed by atoms with van der Waals surface area (Å²) >= 11 is 0. The molecule has 0 aromatic heterocycles. The summed E-state index contributed by atoms with van der Waals surface area (Å²) < 4.78 is 16.1. The van der Waals surface area contributed by atoms with Crippen LogP contribution in [0.1, 0.15) is 48.5 Å². The zero-order chi connectivity index (χ0) is 22.3. The Labute approximate surface area is 171 Å². The van der Waals surface area contributed by atoms with E-state index in [0.29, 0.717) is 11.1 Å². The van der Waals surface area contributed by atoms with E-state index in [9.17, 15) is 19.2 Å². The summed E-state index contributed by atoms with van der Waals surface area (Å²) in [7, 11) is 0. The summed E-state index contributed by atoms with van der Waals surface area (Å²) in [5.41, 5.74) is 0.942. The molecule has 1 aliphatic rings. The molecule has 0 aromatic carbocycles. The van der Waals surface area contributed by atoms with Crippen LogP contribution in [0.5, 0.6) is 0 Å². The number of ketones is 1. The summed E-state index contributed by atoms with van der Waals surface area (Å²) in [6, 6.07) is 0. The van der Waals surface area contributed by atoms with E-state index in [1.807, 2.05) is 13.8 Å². The number of carbonyl (C=O) groups excluding carboxylic acids is 4. The Morgan fingerprint density at radius 2 is 1.55 bits per heavy atom. The smallest absolute Gasteiger partial charge is 0.333 e. The highest BCUT2D eigenvalue weighted by Gasteiger charge is 2.45. The largest absolute Gasteiger partial charge is 0.457 e. The third-order valence-corrected chi connectivity index (χ3v) is 4.84. The lowest BCUT2D eigenvalue weighted by molar-refractivity contribution is -0.165. The van der Waals surface area contributed by atoms with Crippen LogP contribution in [0.3, 0.4) is 0 Å². The number of rotatable bonds is 7. The summed E-state index contributed by atoms with van der Waals surface area (Å²) in [5, 5.41) is 0. The second-order valence-electron chi connectivity index (χ2n) is 7.30. The van der Waals surface area contributed by atoms with Gasteiger partial charge in [0.25, 0.3) is 0 Å². The predicted octanol–water partition coefficient (Wildman–Crippen LogP) is 3.09. The fourth-order valence-electron chi connectivity index (χ4n) is 2.90. The highest BCUT2D eigenvalue weighted by molar-refractivity contribution is 6.02. The van der Waals surface area contributed by atoms with Crippen molar-refractivity contribution in [2.75, 3.05) is 6.61 Å². The van der Waals surface area contributed by atoms with E-state index in [2.05, 4.69) is 0 Å². The molecule has 0 aromatic rings. The molecule has 1 rings (SSSR count). The summed E-state index contributed by atoms with van der Waals surface area (Å²) in [6.07, 6.45) is 2.77. The number of ether oxygens (including phenoxy) is 3. The molecule has 1 aliphatic carbocycles. The van der Waals surface area contributed by atoms with Gasteiger partial charge < -0.3 is 14.2 Å². The number of hydrogen-bond donors (Lipinski definition) is 0. The molecule has 160 valence electrons. The third-order valence-electron chi connectivity index (χ3n) is 4.84. The first-order valence-corrected chi connectivity index (χ1v) is 9.59. The summed E-state index contributed by atoms with van der Waals surface area (Å²) in [4.78, 5) is 48.8. The number of carbonyl (C=O) groups is 4. The zero-order valence-corrected chi connectivity index (χ0v) is 18.1. The van der Waals surface area contributed by atoms with Gasteiger partial charge in [0, 0.05) is 29.6 Å². The topological polar surface area (TPSA) is 96.0 Å². The van der Waals surface area contributed by atoms with Gasteiger partial charge in [-0.1, -0.05) is 26.0 Å². The Hall–Kier alpha value is -2.70. The average Bonchev–Trinajstić information content (AvgIpc) is 2.66. The third kappa shape index (κ3) is 6.41. The van der Waals surface area contributed by atoms with Gasteiger partial charge in [-0.25, -0.2) is 9.59 Å². The van der Waals surface area contributed by atoms with E-state index in [1.54, 1.807) is 39.8 Å². The first kappa shape index (κ1) is 24.3. The number of hydrogen-bond acceptors (Lipinski definition) is 7. The van der Waals surface area contributed by atoms with Crippen LogP contribution < -0.4 is 0 Å². The molecular formula is C22H30O7. The SMILES string of the molecule is CC=C(C)C(=O)OCC1=CC(OC(=O)C(C)=CC)C(C(C)C)C(OC(C)=O)C1=O. The molecule has 7 nitrogen and oxygen atoms in total. The van der Waals surface area contributed by atoms with Crippen molar-refractivity contribution in [1.82, 2.24) is 0 Å². The molecule has 3 unspecified atom stereocenters. The van der Waals surface area contributed by atoms with Gasteiger partial charge in [-0.2, -0.15) is 0 Å². The van der Waals surface area contributed by atoms with Gasteiger partial charge in [-0.05, 0) is 39.7 Å². The van der Waals surface area contributed by atoms with Gasteiger partial charge in [0.05, 0.1) is 0 Å². The quantitative estimate of drug-likeness (QED) is 0.364. The van der Waals surface area contributed by atoms with E-state index in [1.165, 1.54) is 13.0 Å². The number of esters is 3. The molecule has 0 fully saturated rings. The minimum absolute atomic E-state index is 0.126. The molecule has 0 amide bonds. The van der Waals surface area contributed by atoms with Crippen molar-refractivity contribution >= 4 is 23.7 Å². The average molecular weight is 406 g/mol. The van der Waals surface area contributed by atoms with Crippen LogP contribution in [-0.2, 0) is 33.4 Å². The Morgan fingerprint density at radius 3 is 2.03 bits per heavy atom. The lowest BCUT2D eigenvalue weighted by Gasteiger charge is -2.37. The fourth-order valence-corrected chi connectivity index (χ4v) is 2.90. The van der Waals surface area contributed by atoms with Gasteiger partial charge in [0.15, 0.2) is 6.10 Å². The molecular weight excluding hydrogens is 376 g/mol. The summed E-state index contributed by atoms with van der Waals surface area (Å²) in [5.74, 6) is -2.85. The molecule has 0 N–H and O–H groups in total. The molecule has 0 aliphatic heterocycles. The van der Waals surface area contributed by atoms with Gasteiger partial charge >= 0.3 is 17.9 Å². The van der Waals surface area contributed by atoms with E-state index >= 15 is 0 Å². The normalized spacial score (nSPS) is 22.8. The Kier molecular flexibility index (Phi) is 9.01. The monoisotopic (exact) mass is 406 g/mol. The van der Waals surface area contributed by atoms with E-state index < -0.39 is 41.8 Å². The molecule has 0 radical (unpaired) electrons. The maximum absolute atomic E-state index is 12.9. The van der Waals surface area contributed by atoms with Crippen molar-refractivity contribution in [1.29, 1.82) is 0 Å². The Morgan fingerprint density at radius 1 is 1.00 bits per heavy atom. The lowest BCUT2D eigenvalue weighted by Crippen LogP contribution is -2.48. The second kappa shape index (κ2) is 10.7. The number of allylic oxidation sites excluding steroid dienone is 2. The lowest BCUT2D eigenvalue weighted by atomic mass is 9.77. The standard InChI is InChI=1S/C22H30O7/c1-8-13(5)21(25)27-11-16-10-17(29-22(26)14(6)9-2)18(12(3)4)20(19(16)24)28-15(7)23/h8-10,12,17-18,20H,11H2,1-7H3. The van der Waals surface area contributed by atoms with Crippen molar-refractivity contribution in [2.45, 2.75) is 60.7 Å². The van der Waals surface area contributed by atoms with Crippen LogP contribution in [-0.4, -0.2) is 42.5 Å². The van der Waals surface area contributed by atoms with Crippen LogP contribution in [0, 0.1) is 11.8 Å². The van der Waals surface area contributed by atoms with Gasteiger partial charge in [-0.15, -0.1) is 0 Å². The van der Waals surface area contributed by atoms with Gasteiger partial charge in [0.1, 0.15) is 12.7 Å². The molecule has 7 heteroatoms. The minimum Gasteiger partial charge on any atom is -0.457 e. The molecule has 29 heavy (non-hydrogen) atoms. The zero-order valence-electron chi connectivity index (χ0n) is 18.1. The fraction of sp³-hybridized carbons (Fsp3) is 0.545. The van der Waals surface area contributed by atoms with Crippen LogP contribution in [0.15, 0.2) is 34.9 Å². The van der Waals surface area contributed by atoms with Crippen LogP contribution in [0.2, 0.25) is 0 Å². The van der Waals surface area contributed by atoms with Crippen molar-refractivity contribution in [3.05, 3.63) is 34.9 Å². The predicted molar refractivity (Wildman–Crippen MR) is 107 cm³/mol. The Bertz CT molecular complexity index is 755. The molecule has 0 spiro atoms. The molecule has 0 bridgehead atoms. The minimum atomic E-state index is -1.13.